The summed E-state index contributed by atoms with van der Waals surface area (Å²) >= 11 is 0. The van der Waals surface area contributed by atoms with Gasteiger partial charge in [0, 0.05) is 13.6 Å². The zero-order valence-electron chi connectivity index (χ0n) is 9.71. The first kappa shape index (κ1) is 12.3. The summed E-state index contributed by atoms with van der Waals surface area (Å²) in [5.74, 6) is 1.08. The predicted molar refractivity (Wildman–Crippen MR) is 66.7 cm³/mol. The number of hydrogen-bond acceptors (Lipinski definition) is 5. The van der Waals surface area contributed by atoms with Gasteiger partial charge in [0.1, 0.15) is 0 Å². The zero-order valence-corrected chi connectivity index (χ0v) is 9.71. The first-order valence-corrected chi connectivity index (χ1v) is 5.33. The standard InChI is InChI=1S/C9H11B3N4O/c1-16-4-6(3-13-5-16)8-14-7(15-17-8)2-9(10,11)12/h5-6H,2-4H2,1H3. The Morgan fingerprint density at radius 3 is 2.94 bits per heavy atom. The van der Waals surface area contributed by atoms with Crippen molar-refractivity contribution in [1.29, 1.82) is 0 Å². The minimum Gasteiger partial charge on any atom is -0.365 e. The maximum atomic E-state index is 5.48. The molecule has 0 saturated heterocycles. The Balaban J connectivity index is 2.05. The normalized spacial score (nSPS) is 20.8. The van der Waals surface area contributed by atoms with Crippen molar-refractivity contribution in [1.82, 2.24) is 15.0 Å². The van der Waals surface area contributed by atoms with E-state index in [-0.39, 0.29) is 12.3 Å². The molecule has 82 valence electrons. The molecule has 1 aromatic heterocycles. The quantitative estimate of drug-likeness (QED) is 0.633. The molecule has 8 heteroatoms. The largest absolute Gasteiger partial charge is 0.365 e. The molecule has 2 rings (SSSR count). The number of likely N-dealkylation sites (N-methyl/N-ethyl adjacent to an activating group) is 1. The van der Waals surface area contributed by atoms with Crippen LogP contribution in [0.15, 0.2) is 9.52 Å². The monoisotopic (exact) mass is 224 g/mol. The summed E-state index contributed by atoms with van der Waals surface area (Å²) in [4.78, 5) is 10.4. The molecule has 1 unspecified atom stereocenters. The SMILES string of the molecule is [B]C([B])([B])Cc1noc(C2CN=CN(C)C2)n1. The van der Waals surface area contributed by atoms with E-state index in [0.717, 1.165) is 6.54 Å². The Bertz CT molecular complexity index is 415. The fourth-order valence-corrected chi connectivity index (χ4v) is 1.70. The summed E-state index contributed by atoms with van der Waals surface area (Å²) in [6, 6.07) is 0. The molecule has 0 N–H and O–H groups in total. The van der Waals surface area contributed by atoms with Gasteiger partial charge in [0.15, 0.2) is 5.82 Å². The van der Waals surface area contributed by atoms with Crippen LogP contribution in [-0.4, -0.2) is 65.1 Å². The molecule has 0 aliphatic carbocycles. The minimum absolute atomic E-state index is 0.106. The molecule has 0 bridgehead atoms. The van der Waals surface area contributed by atoms with Gasteiger partial charge in [0.25, 0.3) is 0 Å². The van der Waals surface area contributed by atoms with Gasteiger partial charge in [-0.15, -0.1) is 5.11 Å². The zero-order chi connectivity index (χ0) is 12.5. The minimum atomic E-state index is -1.32. The third-order valence-electron chi connectivity index (χ3n) is 2.41. The average molecular weight is 224 g/mol. The molecule has 0 fully saturated rings. The summed E-state index contributed by atoms with van der Waals surface area (Å²) in [7, 11) is 18.4. The lowest BCUT2D eigenvalue weighted by molar-refractivity contribution is 0.321. The molecular weight excluding hydrogens is 213 g/mol. The highest BCUT2D eigenvalue weighted by atomic mass is 16.5. The fraction of sp³-hybridized carbons (Fsp3) is 0.667. The van der Waals surface area contributed by atoms with Gasteiger partial charge in [-0.3, -0.25) is 4.99 Å². The summed E-state index contributed by atoms with van der Waals surface area (Å²) in [6.45, 7) is 1.44. The second kappa shape index (κ2) is 4.59. The maximum Gasteiger partial charge on any atom is 0.233 e. The van der Waals surface area contributed by atoms with Crippen LogP contribution in [0.25, 0.3) is 0 Å². The van der Waals surface area contributed by atoms with Crippen LogP contribution in [0.1, 0.15) is 17.6 Å². The first-order chi connectivity index (χ1) is 7.94. The van der Waals surface area contributed by atoms with Crippen LogP contribution in [0.2, 0.25) is 5.11 Å². The van der Waals surface area contributed by atoms with Crippen molar-refractivity contribution in [2.75, 3.05) is 20.1 Å². The molecule has 0 saturated carbocycles. The lowest BCUT2D eigenvalue weighted by Gasteiger charge is -2.22. The molecule has 0 aromatic carbocycles. The third kappa shape index (κ3) is 3.38. The van der Waals surface area contributed by atoms with Crippen molar-refractivity contribution in [3.8, 4) is 0 Å². The highest BCUT2D eigenvalue weighted by Crippen LogP contribution is 2.20. The Morgan fingerprint density at radius 2 is 2.29 bits per heavy atom. The van der Waals surface area contributed by atoms with Gasteiger partial charge in [-0.05, 0) is 6.42 Å². The molecule has 0 amide bonds. The molecule has 1 aliphatic heterocycles. The van der Waals surface area contributed by atoms with Gasteiger partial charge in [-0.2, -0.15) is 4.98 Å². The smallest absolute Gasteiger partial charge is 0.233 e. The van der Waals surface area contributed by atoms with Crippen LogP contribution in [-0.2, 0) is 6.42 Å². The van der Waals surface area contributed by atoms with E-state index in [2.05, 4.69) is 15.1 Å². The van der Waals surface area contributed by atoms with Gasteiger partial charge in [-0.1, -0.05) is 5.16 Å². The van der Waals surface area contributed by atoms with Gasteiger partial charge < -0.3 is 9.42 Å². The summed E-state index contributed by atoms with van der Waals surface area (Å²) in [5, 5.41) is 2.49. The number of nitrogens with zero attached hydrogens (tertiary/aromatic N) is 4. The molecule has 17 heavy (non-hydrogen) atoms. The molecule has 6 radical (unpaired) electrons. The van der Waals surface area contributed by atoms with Crippen molar-refractivity contribution < 1.29 is 4.52 Å². The van der Waals surface area contributed by atoms with E-state index in [1.165, 1.54) is 0 Å². The Hall–Kier alpha value is -1.20. The average Bonchev–Trinajstić information content (AvgIpc) is 2.63. The second-order valence-corrected chi connectivity index (χ2v) is 4.46. The Morgan fingerprint density at radius 1 is 1.53 bits per heavy atom. The van der Waals surface area contributed by atoms with Gasteiger partial charge in [-0.25, -0.2) is 0 Å². The predicted octanol–water partition coefficient (Wildman–Crippen LogP) is -0.751. The van der Waals surface area contributed by atoms with E-state index in [1.807, 2.05) is 11.9 Å². The number of aliphatic imine (C=N–C) groups is 1. The van der Waals surface area contributed by atoms with Crippen molar-refractivity contribution >= 4 is 29.9 Å². The lowest BCUT2D eigenvalue weighted by Crippen LogP contribution is -2.29. The lowest BCUT2D eigenvalue weighted by atomic mass is 9.41. The molecule has 0 spiro atoms. The Kier molecular flexibility index (Phi) is 3.31. The summed E-state index contributed by atoms with van der Waals surface area (Å²) < 4.78 is 5.17. The van der Waals surface area contributed by atoms with E-state index >= 15 is 0 Å². The summed E-state index contributed by atoms with van der Waals surface area (Å²) in [5.41, 5.74) is 0. The first-order valence-electron chi connectivity index (χ1n) is 5.33. The van der Waals surface area contributed by atoms with Crippen LogP contribution in [0.3, 0.4) is 0 Å². The highest BCUT2D eigenvalue weighted by Gasteiger charge is 2.23. The van der Waals surface area contributed by atoms with E-state index < -0.39 is 5.11 Å². The Labute approximate surface area is 104 Å². The van der Waals surface area contributed by atoms with E-state index in [4.69, 9.17) is 28.1 Å². The molecule has 1 aliphatic rings. The number of hydrogen-bond donors (Lipinski definition) is 0. The van der Waals surface area contributed by atoms with Crippen molar-refractivity contribution in [3.05, 3.63) is 11.7 Å². The van der Waals surface area contributed by atoms with E-state index in [1.54, 1.807) is 6.34 Å². The van der Waals surface area contributed by atoms with E-state index in [9.17, 15) is 0 Å². The van der Waals surface area contributed by atoms with Crippen LogP contribution in [0, 0.1) is 0 Å². The van der Waals surface area contributed by atoms with Gasteiger partial charge in [0.05, 0.1) is 42.3 Å². The maximum absolute atomic E-state index is 5.48. The molecule has 1 atom stereocenters. The third-order valence-corrected chi connectivity index (χ3v) is 2.41. The topological polar surface area (TPSA) is 54.5 Å². The number of rotatable bonds is 3. The number of aromatic nitrogens is 2. The molecule has 5 nitrogen and oxygen atoms in total. The van der Waals surface area contributed by atoms with Crippen LogP contribution < -0.4 is 0 Å². The van der Waals surface area contributed by atoms with Gasteiger partial charge >= 0.3 is 0 Å². The van der Waals surface area contributed by atoms with Crippen LogP contribution in [0.5, 0.6) is 0 Å². The molecular formula is C9H11B3N4O. The second-order valence-electron chi connectivity index (χ2n) is 4.46. The van der Waals surface area contributed by atoms with Crippen molar-refractivity contribution in [2.24, 2.45) is 4.99 Å². The highest BCUT2D eigenvalue weighted by molar-refractivity contribution is 6.58. The van der Waals surface area contributed by atoms with Crippen molar-refractivity contribution in [2.45, 2.75) is 17.5 Å². The fourth-order valence-electron chi connectivity index (χ4n) is 1.70. The van der Waals surface area contributed by atoms with Crippen molar-refractivity contribution in [3.63, 3.8) is 0 Å². The van der Waals surface area contributed by atoms with Crippen LogP contribution >= 0.6 is 0 Å². The van der Waals surface area contributed by atoms with E-state index in [0.29, 0.717) is 18.3 Å². The van der Waals surface area contributed by atoms with Gasteiger partial charge in [0.2, 0.25) is 5.89 Å². The van der Waals surface area contributed by atoms with Crippen LogP contribution in [0.4, 0.5) is 0 Å². The molecule has 2 heterocycles. The molecule has 1 aromatic rings. The summed E-state index contributed by atoms with van der Waals surface area (Å²) in [6.07, 6.45) is 1.96.